The monoisotopic (exact) mass is 414 g/mol. The van der Waals surface area contributed by atoms with Crippen molar-refractivity contribution in [2.45, 2.75) is 13.8 Å². The van der Waals surface area contributed by atoms with Gasteiger partial charge in [-0.05, 0) is 44.2 Å². The topological polar surface area (TPSA) is 84.0 Å². The molecule has 29 heavy (non-hydrogen) atoms. The molecule has 2 aromatic rings. The Labute approximate surface area is 172 Å². The lowest BCUT2D eigenvalue weighted by Gasteiger charge is -2.18. The number of hydrogen-bond donors (Lipinski definition) is 0. The van der Waals surface area contributed by atoms with Gasteiger partial charge in [-0.15, -0.1) is 0 Å². The molecule has 1 aliphatic heterocycles. The molecular formula is C21H19ClN2O5. The maximum absolute atomic E-state index is 12.8. The molecule has 1 aliphatic rings. The third kappa shape index (κ3) is 3.86. The second kappa shape index (κ2) is 8.45. The van der Waals surface area contributed by atoms with Crippen LogP contribution in [0.3, 0.4) is 0 Å². The molecule has 0 saturated carbocycles. The maximum Gasteiger partial charge on any atom is 0.338 e. The van der Waals surface area contributed by atoms with Crippen LogP contribution in [-0.2, 0) is 9.53 Å². The van der Waals surface area contributed by atoms with E-state index >= 15 is 0 Å². The van der Waals surface area contributed by atoms with Crippen LogP contribution < -0.4 is 4.90 Å². The Morgan fingerprint density at radius 3 is 2.31 bits per heavy atom. The first-order valence-corrected chi connectivity index (χ1v) is 9.49. The van der Waals surface area contributed by atoms with E-state index in [1.54, 1.807) is 29.2 Å². The Kier molecular flexibility index (Phi) is 5.98. The summed E-state index contributed by atoms with van der Waals surface area (Å²) >= 11 is 6.12. The third-order valence-corrected chi connectivity index (χ3v) is 4.98. The zero-order chi connectivity index (χ0) is 21.1. The number of hydrogen-bond acceptors (Lipinski definition) is 5. The summed E-state index contributed by atoms with van der Waals surface area (Å²) in [6, 6.07) is 10.6. The van der Waals surface area contributed by atoms with Crippen LogP contribution in [0.5, 0.6) is 0 Å². The second-order valence-corrected chi connectivity index (χ2v) is 6.71. The molecule has 2 aromatic carbocycles. The van der Waals surface area contributed by atoms with Crippen molar-refractivity contribution in [3.63, 3.8) is 0 Å². The van der Waals surface area contributed by atoms with Gasteiger partial charge >= 0.3 is 5.97 Å². The van der Waals surface area contributed by atoms with Crippen molar-refractivity contribution in [2.24, 2.45) is 0 Å². The molecule has 3 amide bonds. The van der Waals surface area contributed by atoms with Gasteiger partial charge < -0.3 is 9.64 Å². The molecule has 0 fully saturated rings. The van der Waals surface area contributed by atoms with Gasteiger partial charge in [-0.1, -0.05) is 23.7 Å². The average Bonchev–Trinajstić information content (AvgIpc) is 2.97. The number of amides is 3. The largest absolute Gasteiger partial charge is 0.452 e. The van der Waals surface area contributed by atoms with E-state index < -0.39 is 24.4 Å². The lowest BCUT2D eigenvalue weighted by Crippen LogP contribution is -2.34. The van der Waals surface area contributed by atoms with Crippen LogP contribution >= 0.6 is 11.6 Å². The Balaban J connectivity index is 1.80. The highest BCUT2D eigenvalue weighted by Crippen LogP contribution is 2.33. The van der Waals surface area contributed by atoms with E-state index in [2.05, 4.69) is 0 Å². The Bertz CT molecular complexity index is 1000. The van der Waals surface area contributed by atoms with Gasteiger partial charge in [-0.3, -0.25) is 14.4 Å². The number of nitrogens with zero attached hydrogens (tertiary/aromatic N) is 2. The molecule has 3 rings (SSSR count). The predicted molar refractivity (Wildman–Crippen MR) is 107 cm³/mol. The summed E-state index contributed by atoms with van der Waals surface area (Å²) in [5, 5.41) is 0.261. The van der Waals surface area contributed by atoms with Gasteiger partial charge in [0.1, 0.15) is 0 Å². The highest BCUT2D eigenvalue weighted by Gasteiger charge is 2.38. The number of esters is 1. The van der Waals surface area contributed by atoms with Crippen molar-refractivity contribution in [3.05, 3.63) is 64.2 Å². The average molecular weight is 415 g/mol. The van der Waals surface area contributed by atoms with Crippen LogP contribution in [0.4, 0.5) is 5.69 Å². The van der Waals surface area contributed by atoms with Gasteiger partial charge in [0.05, 0.1) is 27.4 Å². The molecule has 0 radical (unpaired) electrons. The molecule has 0 N–H and O–H groups in total. The summed E-state index contributed by atoms with van der Waals surface area (Å²) in [6.45, 7) is 4.30. The number of fused-ring (bicyclic) bond motifs is 1. The third-order valence-electron chi connectivity index (χ3n) is 4.66. The van der Waals surface area contributed by atoms with Crippen molar-refractivity contribution in [1.82, 2.24) is 4.90 Å². The molecule has 150 valence electrons. The minimum absolute atomic E-state index is 0.0817. The number of ether oxygens (including phenoxy) is 1. The number of halogens is 1. The van der Waals surface area contributed by atoms with Gasteiger partial charge in [0.15, 0.2) is 6.61 Å². The number of para-hydroxylation sites is 1. The number of carbonyl (C=O) groups is 4. The first kappa shape index (κ1) is 20.5. The van der Waals surface area contributed by atoms with Crippen LogP contribution in [0.1, 0.15) is 44.9 Å². The van der Waals surface area contributed by atoms with E-state index in [1.165, 1.54) is 18.2 Å². The van der Waals surface area contributed by atoms with Crippen LogP contribution in [0.15, 0.2) is 42.5 Å². The van der Waals surface area contributed by atoms with E-state index in [1.807, 2.05) is 13.8 Å². The molecule has 0 spiro atoms. The first-order valence-electron chi connectivity index (χ1n) is 9.11. The zero-order valence-corrected chi connectivity index (χ0v) is 16.7. The van der Waals surface area contributed by atoms with Crippen molar-refractivity contribution < 1.29 is 23.9 Å². The van der Waals surface area contributed by atoms with Gasteiger partial charge in [-0.2, -0.15) is 0 Å². The quantitative estimate of drug-likeness (QED) is 0.535. The summed E-state index contributed by atoms with van der Waals surface area (Å²) in [6.07, 6.45) is 0. The smallest absolute Gasteiger partial charge is 0.338 e. The minimum Gasteiger partial charge on any atom is -0.452 e. The van der Waals surface area contributed by atoms with E-state index in [0.29, 0.717) is 13.1 Å². The van der Waals surface area contributed by atoms with Crippen molar-refractivity contribution in [3.8, 4) is 0 Å². The number of benzene rings is 2. The number of carbonyl (C=O) groups excluding carboxylic acids is 4. The Morgan fingerprint density at radius 1 is 1.00 bits per heavy atom. The molecule has 0 aromatic heterocycles. The van der Waals surface area contributed by atoms with Crippen LogP contribution in [-0.4, -0.2) is 48.3 Å². The number of likely N-dealkylation sites (N-methyl/N-ethyl adjacent to an activating group) is 1. The molecule has 0 unspecified atom stereocenters. The number of anilines is 1. The lowest BCUT2D eigenvalue weighted by molar-refractivity contribution is -0.134. The highest BCUT2D eigenvalue weighted by molar-refractivity contribution is 6.39. The molecule has 7 nitrogen and oxygen atoms in total. The minimum atomic E-state index is -0.746. The van der Waals surface area contributed by atoms with E-state index in [-0.39, 0.29) is 33.3 Å². The SMILES string of the molecule is CCN(CC)C(=O)COC(=O)c1ccc2c(c1)C(=O)N(c1ccccc1Cl)C2=O. The molecule has 0 saturated heterocycles. The highest BCUT2D eigenvalue weighted by atomic mass is 35.5. The van der Waals surface area contributed by atoms with Crippen LogP contribution in [0.2, 0.25) is 5.02 Å². The molecule has 1 heterocycles. The fourth-order valence-electron chi connectivity index (χ4n) is 3.10. The fourth-order valence-corrected chi connectivity index (χ4v) is 3.32. The summed E-state index contributed by atoms with van der Waals surface area (Å²) in [5.74, 6) is -2.15. The van der Waals surface area contributed by atoms with Crippen molar-refractivity contribution in [1.29, 1.82) is 0 Å². The number of rotatable bonds is 6. The Morgan fingerprint density at radius 2 is 1.66 bits per heavy atom. The molecule has 0 aliphatic carbocycles. The summed E-state index contributed by atoms with van der Waals surface area (Å²) in [5.41, 5.74) is 0.609. The first-order chi connectivity index (χ1) is 13.9. The fraction of sp³-hybridized carbons (Fsp3) is 0.238. The van der Waals surface area contributed by atoms with Gasteiger partial charge in [0.25, 0.3) is 17.7 Å². The van der Waals surface area contributed by atoms with E-state index in [4.69, 9.17) is 16.3 Å². The number of imide groups is 1. The predicted octanol–water partition coefficient (Wildman–Crippen LogP) is 3.17. The molecule has 0 bridgehead atoms. The summed E-state index contributed by atoms with van der Waals surface area (Å²) < 4.78 is 5.07. The van der Waals surface area contributed by atoms with E-state index in [9.17, 15) is 19.2 Å². The van der Waals surface area contributed by atoms with Gasteiger partial charge in [-0.25, -0.2) is 9.69 Å². The summed E-state index contributed by atoms with van der Waals surface area (Å²) in [4.78, 5) is 52.3. The normalized spacial score (nSPS) is 12.7. The summed E-state index contributed by atoms with van der Waals surface area (Å²) in [7, 11) is 0. The van der Waals surface area contributed by atoms with Crippen LogP contribution in [0, 0.1) is 0 Å². The second-order valence-electron chi connectivity index (χ2n) is 6.30. The lowest BCUT2D eigenvalue weighted by atomic mass is 10.1. The standard InChI is InChI=1S/C21H19ClN2O5/c1-3-23(4-2)18(25)12-29-21(28)13-9-10-14-15(11-13)20(27)24(19(14)26)17-8-6-5-7-16(17)22/h5-11H,3-4,12H2,1-2H3. The van der Waals surface area contributed by atoms with Crippen molar-refractivity contribution >= 4 is 41.0 Å². The van der Waals surface area contributed by atoms with Crippen LogP contribution in [0.25, 0.3) is 0 Å². The van der Waals surface area contributed by atoms with E-state index in [0.717, 1.165) is 4.90 Å². The molecule has 8 heteroatoms. The maximum atomic E-state index is 12.8. The molecule has 0 atom stereocenters. The molecular weight excluding hydrogens is 396 g/mol. The zero-order valence-electron chi connectivity index (χ0n) is 16.0. The van der Waals surface area contributed by atoms with Crippen molar-refractivity contribution in [2.75, 3.05) is 24.6 Å². The van der Waals surface area contributed by atoms with Gasteiger partial charge in [0.2, 0.25) is 0 Å². The Hall–Kier alpha value is -3.19. The van der Waals surface area contributed by atoms with Gasteiger partial charge in [0, 0.05) is 13.1 Å².